The summed E-state index contributed by atoms with van der Waals surface area (Å²) in [5, 5.41) is 0.0345. The minimum Gasteiger partial charge on any atom is -0.242 e. The average Bonchev–Trinajstić information content (AvgIpc) is 2.66. The van der Waals surface area contributed by atoms with Gasteiger partial charge in [-0.15, -0.1) is 0 Å². The van der Waals surface area contributed by atoms with Gasteiger partial charge in [-0.25, -0.2) is 13.4 Å². The van der Waals surface area contributed by atoms with Crippen LogP contribution in [-0.4, -0.2) is 30.3 Å². The van der Waals surface area contributed by atoms with Crippen LogP contribution in [0.1, 0.15) is 39.0 Å². The topological polar surface area (TPSA) is 50.3 Å². The zero-order valence-corrected chi connectivity index (χ0v) is 14.5. The second-order valence-electron chi connectivity index (χ2n) is 4.97. The Kier molecular flexibility index (Phi) is 5.45. The Morgan fingerprint density at radius 2 is 2.20 bits per heavy atom. The molecular weight excluding hydrogens is 364 g/mol. The van der Waals surface area contributed by atoms with Gasteiger partial charge in [0.25, 0.3) is 0 Å². The lowest BCUT2D eigenvalue weighted by Crippen LogP contribution is -2.39. The van der Waals surface area contributed by atoms with E-state index in [1.54, 1.807) is 4.31 Å². The maximum Gasteiger partial charge on any atom is 0.246 e. The summed E-state index contributed by atoms with van der Waals surface area (Å²) in [5.74, 6) is 0. The van der Waals surface area contributed by atoms with Gasteiger partial charge >= 0.3 is 0 Å². The molecule has 0 amide bonds. The highest BCUT2D eigenvalue weighted by atomic mass is 79.9. The number of sulfonamides is 1. The number of hydrogen-bond donors (Lipinski definition) is 0. The maximum absolute atomic E-state index is 12.9. The summed E-state index contributed by atoms with van der Waals surface area (Å²) in [7, 11) is -3.59. The highest BCUT2D eigenvalue weighted by Crippen LogP contribution is 2.30. The molecule has 0 radical (unpaired) electrons. The molecule has 1 aliphatic rings. The predicted octanol–water partition coefficient (Wildman–Crippen LogP) is 3.84. The first-order chi connectivity index (χ1) is 9.46. The second kappa shape index (κ2) is 6.73. The lowest BCUT2D eigenvalue weighted by Gasteiger charge is -2.28. The molecule has 1 aromatic heterocycles. The fraction of sp³-hybridized carbons (Fsp3) is 0.615. The van der Waals surface area contributed by atoms with Gasteiger partial charge in [-0.05, 0) is 41.3 Å². The minimum absolute atomic E-state index is 0.0345. The SMILES string of the molecule is CCC1CCCCCN1S(=O)(=O)c1cc(Br)cnc1Cl. The van der Waals surface area contributed by atoms with Crippen molar-refractivity contribution in [3.05, 3.63) is 21.9 Å². The highest BCUT2D eigenvalue weighted by molar-refractivity contribution is 9.10. The second-order valence-corrected chi connectivity index (χ2v) is 8.10. The number of nitrogens with zero attached hydrogens (tertiary/aromatic N) is 2. The molecule has 2 rings (SSSR count). The van der Waals surface area contributed by atoms with Gasteiger partial charge in [-0.1, -0.05) is 31.4 Å². The molecular formula is C13H18BrClN2O2S. The molecule has 1 aliphatic heterocycles. The van der Waals surface area contributed by atoms with Crippen LogP contribution in [0.3, 0.4) is 0 Å². The van der Waals surface area contributed by atoms with Crippen molar-refractivity contribution >= 4 is 37.6 Å². The Balaban J connectivity index is 2.44. The molecule has 1 fully saturated rings. The summed E-state index contributed by atoms with van der Waals surface area (Å²) in [4.78, 5) is 4.02. The molecule has 7 heteroatoms. The minimum atomic E-state index is -3.59. The lowest BCUT2D eigenvalue weighted by molar-refractivity contribution is 0.315. The zero-order valence-electron chi connectivity index (χ0n) is 11.3. The van der Waals surface area contributed by atoms with Crippen molar-refractivity contribution in [2.24, 2.45) is 0 Å². The third kappa shape index (κ3) is 3.35. The van der Waals surface area contributed by atoms with Crippen LogP contribution in [0.4, 0.5) is 0 Å². The van der Waals surface area contributed by atoms with Crippen molar-refractivity contribution < 1.29 is 8.42 Å². The van der Waals surface area contributed by atoms with Crippen LogP contribution in [0.5, 0.6) is 0 Å². The van der Waals surface area contributed by atoms with Crippen LogP contribution < -0.4 is 0 Å². The lowest BCUT2D eigenvalue weighted by atomic mass is 10.1. The van der Waals surface area contributed by atoms with Gasteiger partial charge in [0.05, 0.1) is 0 Å². The fourth-order valence-corrected chi connectivity index (χ4v) is 5.28. The summed E-state index contributed by atoms with van der Waals surface area (Å²) >= 11 is 9.25. The molecule has 1 unspecified atom stereocenters. The van der Waals surface area contributed by atoms with Gasteiger partial charge in [0.1, 0.15) is 10.0 Å². The Labute approximate surface area is 133 Å². The van der Waals surface area contributed by atoms with Crippen molar-refractivity contribution in [3.63, 3.8) is 0 Å². The number of rotatable bonds is 3. The smallest absolute Gasteiger partial charge is 0.242 e. The Morgan fingerprint density at radius 3 is 2.90 bits per heavy atom. The summed E-state index contributed by atoms with van der Waals surface area (Å²) < 4.78 is 27.9. The van der Waals surface area contributed by atoms with Crippen LogP contribution in [0.2, 0.25) is 5.15 Å². The zero-order chi connectivity index (χ0) is 14.8. The highest BCUT2D eigenvalue weighted by Gasteiger charge is 2.33. The largest absolute Gasteiger partial charge is 0.246 e. The predicted molar refractivity (Wildman–Crippen MR) is 83.4 cm³/mol. The van der Waals surface area contributed by atoms with Gasteiger partial charge in [-0.3, -0.25) is 0 Å². The van der Waals surface area contributed by atoms with E-state index in [0.29, 0.717) is 11.0 Å². The molecule has 112 valence electrons. The standard InChI is InChI=1S/C13H18BrClN2O2S/c1-2-11-6-4-3-5-7-17(11)20(18,19)12-8-10(14)9-16-13(12)15/h8-9,11H,2-7H2,1H3. The number of halogens is 2. The molecule has 2 heterocycles. The van der Waals surface area contributed by atoms with E-state index in [9.17, 15) is 8.42 Å². The Hall–Kier alpha value is -0.170. The molecule has 0 N–H and O–H groups in total. The first-order valence-corrected chi connectivity index (χ1v) is 9.40. The molecule has 0 aromatic carbocycles. The van der Waals surface area contributed by atoms with Gasteiger partial charge in [-0.2, -0.15) is 4.31 Å². The molecule has 0 saturated carbocycles. The van der Waals surface area contributed by atoms with Crippen molar-refractivity contribution in [3.8, 4) is 0 Å². The number of hydrogen-bond acceptors (Lipinski definition) is 3. The van der Waals surface area contributed by atoms with E-state index in [1.165, 1.54) is 12.3 Å². The third-order valence-electron chi connectivity index (χ3n) is 3.65. The summed E-state index contributed by atoms with van der Waals surface area (Å²) in [5.41, 5.74) is 0. The van der Waals surface area contributed by atoms with Gasteiger partial charge in [0.2, 0.25) is 10.0 Å². The monoisotopic (exact) mass is 380 g/mol. The van der Waals surface area contributed by atoms with Gasteiger partial charge in [0, 0.05) is 23.3 Å². The molecule has 1 atom stereocenters. The van der Waals surface area contributed by atoms with Crippen molar-refractivity contribution in [1.82, 2.24) is 9.29 Å². The molecule has 0 aliphatic carbocycles. The van der Waals surface area contributed by atoms with Crippen LogP contribution in [0, 0.1) is 0 Å². The van der Waals surface area contributed by atoms with E-state index in [1.807, 2.05) is 6.92 Å². The normalized spacial score (nSPS) is 21.6. The van der Waals surface area contributed by atoms with E-state index >= 15 is 0 Å². The Bertz CT molecular complexity index is 580. The van der Waals surface area contributed by atoms with Crippen molar-refractivity contribution in [2.45, 2.75) is 50.0 Å². The van der Waals surface area contributed by atoms with Crippen LogP contribution in [0.25, 0.3) is 0 Å². The van der Waals surface area contributed by atoms with E-state index in [4.69, 9.17) is 11.6 Å². The van der Waals surface area contributed by atoms with Crippen LogP contribution in [0.15, 0.2) is 21.6 Å². The van der Waals surface area contributed by atoms with E-state index < -0.39 is 10.0 Å². The summed E-state index contributed by atoms with van der Waals surface area (Å²) in [6.07, 6.45) is 6.28. The van der Waals surface area contributed by atoms with Gasteiger partial charge < -0.3 is 0 Å². The molecule has 0 bridgehead atoms. The molecule has 1 saturated heterocycles. The quantitative estimate of drug-likeness (QED) is 0.747. The number of aromatic nitrogens is 1. The number of pyridine rings is 1. The molecule has 0 spiro atoms. The Morgan fingerprint density at radius 1 is 1.45 bits per heavy atom. The third-order valence-corrected chi connectivity index (χ3v) is 6.47. The average molecular weight is 382 g/mol. The van der Waals surface area contributed by atoms with Gasteiger partial charge in [0.15, 0.2) is 0 Å². The first kappa shape index (κ1) is 16.2. The maximum atomic E-state index is 12.9. The summed E-state index contributed by atoms with van der Waals surface area (Å²) in [6, 6.07) is 1.58. The van der Waals surface area contributed by atoms with Crippen LogP contribution >= 0.6 is 27.5 Å². The fourth-order valence-electron chi connectivity index (χ4n) is 2.59. The van der Waals surface area contributed by atoms with Crippen LogP contribution in [-0.2, 0) is 10.0 Å². The molecule has 1 aromatic rings. The summed E-state index contributed by atoms with van der Waals surface area (Å²) in [6.45, 7) is 2.59. The van der Waals surface area contributed by atoms with E-state index in [-0.39, 0.29) is 16.1 Å². The first-order valence-electron chi connectivity index (χ1n) is 6.79. The van der Waals surface area contributed by atoms with Crippen molar-refractivity contribution in [1.29, 1.82) is 0 Å². The molecule has 4 nitrogen and oxygen atoms in total. The van der Waals surface area contributed by atoms with E-state index in [2.05, 4.69) is 20.9 Å². The van der Waals surface area contributed by atoms with E-state index in [0.717, 1.165) is 32.1 Å². The van der Waals surface area contributed by atoms with Crippen molar-refractivity contribution in [2.75, 3.05) is 6.54 Å². The molecule has 20 heavy (non-hydrogen) atoms.